The van der Waals surface area contributed by atoms with Crippen LogP contribution in [0.4, 0.5) is 0 Å². The van der Waals surface area contributed by atoms with E-state index in [4.69, 9.17) is 15.3 Å². The molecular weight excluding hydrogens is 685 g/mol. The van der Waals surface area contributed by atoms with E-state index in [1.807, 2.05) is 6.92 Å². The molecule has 0 aliphatic carbocycles. The van der Waals surface area contributed by atoms with E-state index < -0.39 is 23.7 Å². The molecule has 9 heteroatoms. The molecule has 0 amide bonds. The first-order chi connectivity index (χ1) is 24.5. The van der Waals surface area contributed by atoms with Crippen molar-refractivity contribution in [2.45, 2.75) is 258 Å². The zero-order chi connectivity index (χ0) is 38.7. The van der Waals surface area contributed by atoms with E-state index in [2.05, 4.69) is 13.8 Å². The largest absolute Gasteiger partial charge is 2.00 e. The molecule has 3 N–H and O–H groups in total. The molecule has 0 saturated heterocycles. The van der Waals surface area contributed by atoms with Gasteiger partial charge in [0, 0.05) is 18.4 Å². The molecule has 0 fully saturated rings. The number of carboxylic acid groups (broad SMARTS) is 3. The van der Waals surface area contributed by atoms with Gasteiger partial charge in [-0.3, -0.25) is 0 Å². The fraction of sp³-hybridized carbons (Fsp3) is 0.930. The van der Waals surface area contributed by atoms with Gasteiger partial charge in [-0.15, -0.1) is 0 Å². The van der Waals surface area contributed by atoms with Crippen molar-refractivity contribution in [3.8, 4) is 0 Å². The Bertz CT molecular complexity index is 688. The minimum atomic E-state index is -2.53. The van der Waals surface area contributed by atoms with E-state index in [-0.39, 0.29) is 57.0 Å². The van der Waals surface area contributed by atoms with Crippen LogP contribution >= 0.6 is 0 Å². The van der Waals surface area contributed by atoms with E-state index in [0.29, 0.717) is 6.42 Å². The maximum Gasteiger partial charge on any atom is 2.00 e. The molecule has 0 bridgehead atoms. The topological polar surface area (TPSA) is 158 Å². The summed E-state index contributed by atoms with van der Waals surface area (Å²) in [5.74, 6) is -5.91. The van der Waals surface area contributed by atoms with Crippen LogP contribution in [-0.2, 0) is 14.4 Å². The van der Waals surface area contributed by atoms with Crippen LogP contribution in [0.2, 0.25) is 0 Å². The van der Waals surface area contributed by atoms with Crippen LogP contribution in [0.25, 0.3) is 0 Å². The SMILES string of the molecule is CCCCCC(O)(O)C(=O)O.CCCCCCCCCCCCCCCCCC(=O)[O-].CCCCCCCCCCCCCCCCCC(=O)[O-].[Ca+2]. The molecule has 0 heterocycles. The van der Waals surface area contributed by atoms with Crippen molar-refractivity contribution in [1.82, 2.24) is 0 Å². The Morgan fingerprint density at radius 3 is 0.769 bits per heavy atom. The maximum absolute atomic E-state index is 10.2. The van der Waals surface area contributed by atoms with Crippen molar-refractivity contribution in [2.75, 3.05) is 0 Å². The van der Waals surface area contributed by atoms with Gasteiger partial charge in [0.1, 0.15) is 0 Å². The van der Waals surface area contributed by atoms with Gasteiger partial charge in [-0.2, -0.15) is 0 Å². The first kappa shape index (κ1) is 58.3. The molecule has 8 nitrogen and oxygen atoms in total. The van der Waals surface area contributed by atoms with Crippen LogP contribution in [-0.4, -0.2) is 76.8 Å². The Morgan fingerprint density at radius 2 is 0.577 bits per heavy atom. The normalized spacial score (nSPS) is 10.8. The fourth-order valence-corrected chi connectivity index (χ4v) is 6.01. The molecule has 0 aromatic carbocycles. The van der Waals surface area contributed by atoms with Gasteiger partial charge in [-0.05, 0) is 32.1 Å². The maximum atomic E-state index is 10.2. The Labute approximate surface area is 351 Å². The van der Waals surface area contributed by atoms with Crippen LogP contribution in [0.3, 0.4) is 0 Å². The van der Waals surface area contributed by atoms with Crippen molar-refractivity contribution >= 4 is 55.6 Å². The number of hydrogen-bond donors (Lipinski definition) is 3. The number of hydrogen-bond acceptors (Lipinski definition) is 7. The minimum absolute atomic E-state index is 0. The van der Waals surface area contributed by atoms with Crippen LogP contribution in [0.15, 0.2) is 0 Å². The monoisotopic (exact) mass is 769 g/mol. The van der Waals surface area contributed by atoms with Gasteiger partial charge in [0.2, 0.25) is 0 Å². The first-order valence-electron chi connectivity index (χ1n) is 21.6. The second-order valence-corrected chi connectivity index (χ2v) is 14.7. The number of carbonyl (C=O) groups excluding carboxylic acids is 2. The van der Waals surface area contributed by atoms with E-state index in [1.165, 1.54) is 167 Å². The molecule has 0 spiro atoms. The van der Waals surface area contributed by atoms with E-state index in [0.717, 1.165) is 38.5 Å². The van der Waals surface area contributed by atoms with E-state index in [9.17, 15) is 24.6 Å². The Kier molecular flexibility index (Phi) is 54.5. The third-order valence-electron chi connectivity index (χ3n) is 9.44. The molecule has 0 atom stereocenters. The molecule has 0 unspecified atom stereocenters. The summed E-state index contributed by atoms with van der Waals surface area (Å²) in [5.41, 5.74) is 0. The third kappa shape index (κ3) is 56.3. The molecule has 0 aromatic rings. The van der Waals surface area contributed by atoms with Gasteiger partial charge in [-0.25, -0.2) is 4.79 Å². The summed E-state index contributed by atoms with van der Waals surface area (Å²) in [7, 11) is 0. The number of unbranched alkanes of at least 4 members (excludes halogenated alkanes) is 30. The van der Waals surface area contributed by atoms with E-state index in [1.54, 1.807) is 0 Å². The van der Waals surface area contributed by atoms with Crippen molar-refractivity contribution in [1.29, 1.82) is 0 Å². The van der Waals surface area contributed by atoms with Gasteiger partial charge >= 0.3 is 43.7 Å². The summed E-state index contributed by atoms with van der Waals surface area (Å²) < 4.78 is 0. The second kappa shape index (κ2) is 48.6. The predicted molar refractivity (Wildman–Crippen MR) is 214 cm³/mol. The average Bonchev–Trinajstić information content (AvgIpc) is 3.08. The zero-order valence-corrected chi connectivity index (χ0v) is 36.8. The summed E-state index contributed by atoms with van der Waals surface area (Å²) in [6, 6.07) is 0. The van der Waals surface area contributed by atoms with Crippen LogP contribution in [0.1, 0.15) is 252 Å². The molecule has 0 aliphatic heterocycles. The van der Waals surface area contributed by atoms with Gasteiger partial charge in [0.05, 0.1) is 0 Å². The van der Waals surface area contributed by atoms with Gasteiger partial charge in [0.15, 0.2) is 0 Å². The Balaban J connectivity index is -0.000000344. The molecule has 0 radical (unpaired) electrons. The molecule has 0 saturated carbocycles. The summed E-state index contributed by atoms with van der Waals surface area (Å²) in [4.78, 5) is 30.6. The van der Waals surface area contributed by atoms with Gasteiger partial charge < -0.3 is 35.1 Å². The standard InChI is InChI=1S/2C18H36O2.C7H14O4.Ca/c2*1-2-3-4-5-6-7-8-9-10-11-12-13-14-15-16-17-18(19)20;1-2-3-4-5-7(10,11)6(8)9;/h2*2-17H2,1H3,(H,19,20);10-11H,2-5H2,1H3,(H,8,9);/q;;;+2/p-2. The average molecular weight is 769 g/mol. The van der Waals surface area contributed by atoms with E-state index >= 15 is 0 Å². The first-order valence-corrected chi connectivity index (χ1v) is 21.6. The molecular formula is C43H84CaO8. The summed E-state index contributed by atoms with van der Waals surface area (Å²) >= 11 is 0. The van der Waals surface area contributed by atoms with Crippen LogP contribution in [0.5, 0.6) is 0 Å². The summed E-state index contributed by atoms with van der Waals surface area (Å²) in [6.45, 7) is 6.49. The Morgan fingerprint density at radius 1 is 0.385 bits per heavy atom. The number of aliphatic carboxylic acids is 3. The van der Waals surface area contributed by atoms with Crippen LogP contribution in [0, 0.1) is 0 Å². The summed E-state index contributed by atoms with van der Waals surface area (Å²) in [5, 5.41) is 46.2. The molecule has 0 rings (SSSR count). The third-order valence-corrected chi connectivity index (χ3v) is 9.44. The molecule has 0 aromatic heterocycles. The number of aliphatic hydroxyl groups is 2. The zero-order valence-electron chi connectivity index (χ0n) is 34.5. The molecule has 306 valence electrons. The quantitative estimate of drug-likeness (QED) is 0.0320. The van der Waals surface area contributed by atoms with Gasteiger partial charge in [0.25, 0.3) is 5.79 Å². The Hall–Kier alpha value is -0.410. The molecule has 52 heavy (non-hydrogen) atoms. The van der Waals surface area contributed by atoms with Gasteiger partial charge in [-0.1, -0.05) is 213 Å². The van der Waals surface area contributed by atoms with Crippen LogP contribution < -0.4 is 10.2 Å². The number of rotatable bonds is 37. The van der Waals surface area contributed by atoms with Crippen molar-refractivity contribution in [3.63, 3.8) is 0 Å². The van der Waals surface area contributed by atoms with Crippen molar-refractivity contribution in [3.05, 3.63) is 0 Å². The predicted octanol–water partition coefficient (Wildman–Crippen LogP) is 9.95. The fourth-order valence-electron chi connectivity index (χ4n) is 6.01. The number of carboxylic acids is 3. The van der Waals surface area contributed by atoms with Crippen molar-refractivity contribution < 1.29 is 39.9 Å². The van der Waals surface area contributed by atoms with Crippen molar-refractivity contribution in [2.24, 2.45) is 0 Å². The minimum Gasteiger partial charge on any atom is -0.550 e. The molecule has 0 aliphatic rings. The number of carbonyl (C=O) groups is 3. The second-order valence-electron chi connectivity index (χ2n) is 14.7. The smallest absolute Gasteiger partial charge is 0.550 e. The summed E-state index contributed by atoms with van der Waals surface area (Å²) in [6.07, 6.45) is 41.9.